The Morgan fingerprint density at radius 2 is 1.87 bits per heavy atom. The third-order valence-corrected chi connectivity index (χ3v) is 4.27. The van der Waals surface area contributed by atoms with Gasteiger partial charge in [0.05, 0.1) is 12.1 Å². The molecule has 0 unspecified atom stereocenters. The lowest BCUT2D eigenvalue weighted by Crippen LogP contribution is -2.41. The molecule has 0 heterocycles. The van der Waals surface area contributed by atoms with E-state index >= 15 is 0 Å². The highest BCUT2D eigenvalue weighted by Crippen LogP contribution is 2.28. The number of aliphatic hydroxyl groups is 1. The van der Waals surface area contributed by atoms with Gasteiger partial charge in [-0.1, -0.05) is 49.6 Å². The lowest BCUT2D eigenvalue weighted by Gasteiger charge is -2.31. The number of nitrogens with one attached hydrogen (secondary N) is 1. The molecule has 1 fully saturated rings. The summed E-state index contributed by atoms with van der Waals surface area (Å²) in [6.45, 7) is 4.21. The summed E-state index contributed by atoms with van der Waals surface area (Å²) in [7, 11) is 2.04. The summed E-state index contributed by atoms with van der Waals surface area (Å²) in [5, 5.41) is 13.9. The number of halogens is 1. The molecule has 130 valence electrons. The first kappa shape index (κ1) is 20.2. The molecule has 5 heteroatoms. The fraction of sp³-hybridized carbons (Fsp3) is 0.611. The molecule has 1 aromatic carbocycles. The fourth-order valence-electron chi connectivity index (χ4n) is 2.99. The first-order valence-corrected chi connectivity index (χ1v) is 8.39. The summed E-state index contributed by atoms with van der Waals surface area (Å²) in [6.07, 6.45) is 5.21. The first-order valence-electron chi connectivity index (χ1n) is 8.39. The van der Waals surface area contributed by atoms with Crippen LogP contribution >= 0.6 is 24.0 Å². The van der Waals surface area contributed by atoms with Crippen LogP contribution in [0.3, 0.4) is 0 Å². The van der Waals surface area contributed by atoms with Crippen molar-refractivity contribution >= 4 is 29.9 Å². The molecule has 1 saturated carbocycles. The second kappa shape index (κ2) is 10.1. The van der Waals surface area contributed by atoms with Gasteiger partial charge in [-0.15, -0.1) is 24.0 Å². The third kappa shape index (κ3) is 6.67. The largest absolute Gasteiger partial charge is 0.388 e. The van der Waals surface area contributed by atoms with E-state index in [1.54, 1.807) is 0 Å². The quantitative estimate of drug-likeness (QED) is 0.427. The van der Waals surface area contributed by atoms with E-state index in [-0.39, 0.29) is 24.0 Å². The normalized spacial score (nSPS) is 17.3. The number of guanidine groups is 1. The summed E-state index contributed by atoms with van der Waals surface area (Å²) in [6, 6.07) is 10.4. The van der Waals surface area contributed by atoms with Crippen molar-refractivity contribution in [2.75, 3.05) is 20.1 Å². The Morgan fingerprint density at radius 3 is 2.48 bits per heavy atom. The van der Waals surface area contributed by atoms with Gasteiger partial charge in [0.15, 0.2) is 5.96 Å². The zero-order chi connectivity index (χ0) is 15.8. The van der Waals surface area contributed by atoms with Crippen molar-refractivity contribution in [2.24, 2.45) is 4.99 Å². The van der Waals surface area contributed by atoms with E-state index in [1.165, 1.54) is 12.0 Å². The molecule has 0 spiro atoms. The van der Waals surface area contributed by atoms with Crippen LogP contribution < -0.4 is 5.32 Å². The van der Waals surface area contributed by atoms with Crippen LogP contribution in [0.4, 0.5) is 0 Å². The van der Waals surface area contributed by atoms with Gasteiger partial charge in [0.2, 0.25) is 0 Å². The van der Waals surface area contributed by atoms with Crippen molar-refractivity contribution in [3.8, 4) is 0 Å². The molecule has 0 aromatic heterocycles. The molecule has 2 N–H and O–H groups in total. The summed E-state index contributed by atoms with van der Waals surface area (Å²) < 4.78 is 0. The Hall–Kier alpha value is -0.820. The highest BCUT2D eigenvalue weighted by atomic mass is 127. The molecule has 1 aliphatic rings. The van der Waals surface area contributed by atoms with Crippen LogP contribution in [0, 0.1) is 0 Å². The molecule has 0 saturated heterocycles. The van der Waals surface area contributed by atoms with E-state index in [0.717, 1.165) is 44.7 Å². The van der Waals surface area contributed by atoms with Gasteiger partial charge >= 0.3 is 0 Å². The second-order valence-electron chi connectivity index (χ2n) is 6.30. The topological polar surface area (TPSA) is 47.9 Å². The molecular weight excluding hydrogens is 401 g/mol. The molecular formula is C18H30IN3O. The molecule has 0 radical (unpaired) electrons. The number of benzene rings is 1. The van der Waals surface area contributed by atoms with Crippen molar-refractivity contribution in [3.05, 3.63) is 35.9 Å². The molecule has 0 atom stereocenters. The monoisotopic (exact) mass is 431 g/mol. The maximum Gasteiger partial charge on any atom is 0.194 e. The summed E-state index contributed by atoms with van der Waals surface area (Å²) in [5.74, 6) is 0.866. The number of hydrogen-bond donors (Lipinski definition) is 2. The summed E-state index contributed by atoms with van der Waals surface area (Å²) >= 11 is 0. The Labute approximate surface area is 157 Å². The minimum atomic E-state index is -0.605. The van der Waals surface area contributed by atoms with Gasteiger partial charge in [0.25, 0.3) is 0 Å². The van der Waals surface area contributed by atoms with Gasteiger partial charge in [-0.2, -0.15) is 0 Å². The maximum atomic E-state index is 10.6. The molecule has 1 aromatic rings. The second-order valence-corrected chi connectivity index (χ2v) is 6.30. The molecule has 2 rings (SSSR count). The SMILES string of the molecule is CCNC(=NCC1(O)CCCCC1)N(C)Cc1ccccc1.I. The average molecular weight is 431 g/mol. The third-order valence-electron chi connectivity index (χ3n) is 4.27. The predicted octanol–water partition coefficient (Wildman–Crippen LogP) is 3.40. The fourth-order valence-corrected chi connectivity index (χ4v) is 2.99. The average Bonchev–Trinajstić information content (AvgIpc) is 2.53. The first-order chi connectivity index (χ1) is 10.6. The van der Waals surface area contributed by atoms with E-state index in [4.69, 9.17) is 0 Å². The minimum Gasteiger partial charge on any atom is -0.388 e. The lowest BCUT2D eigenvalue weighted by atomic mass is 9.85. The van der Waals surface area contributed by atoms with Gasteiger partial charge < -0.3 is 15.3 Å². The number of rotatable bonds is 5. The van der Waals surface area contributed by atoms with Crippen molar-refractivity contribution < 1.29 is 5.11 Å². The van der Waals surface area contributed by atoms with E-state index < -0.39 is 5.60 Å². The van der Waals surface area contributed by atoms with Crippen molar-refractivity contribution in [1.29, 1.82) is 0 Å². The van der Waals surface area contributed by atoms with Crippen molar-refractivity contribution in [1.82, 2.24) is 10.2 Å². The Kier molecular flexibility index (Phi) is 8.91. The standard InChI is InChI=1S/C18H29N3O.HI/c1-3-19-17(20-15-18(22)12-8-5-9-13-18)21(2)14-16-10-6-4-7-11-16;/h4,6-7,10-11,22H,3,5,8-9,12-15H2,1-2H3,(H,19,20);1H. The van der Waals surface area contributed by atoms with E-state index in [1.807, 2.05) is 13.1 Å². The molecule has 23 heavy (non-hydrogen) atoms. The summed E-state index contributed by atoms with van der Waals surface area (Å²) in [5.41, 5.74) is 0.652. The van der Waals surface area contributed by atoms with Crippen LogP contribution in [-0.4, -0.2) is 41.7 Å². The van der Waals surface area contributed by atoms with Gasteiger partial charge in [-0.3, -0.25) is 4.99 Å². The van der Waals surface area contributed by atoms with Crippen LogP contribution in [0.15, 0.2) is 35.3 Å². The van der Waals surface area contributed by atoms with Gasteiger partial charge in [0, 0.05) is 20.1 Å². The Balaban J connectivity index is 0.00000264. The van der Waals surface area contributed by atoms with E-state index in [0.29, 0.717) is 6.54 Å². The zero-order valence-corrected chi connectivity index (χ0v) is 16.6. The Morgan fingerprint density at radius 1 is 1.22 bits per heavy atom. The number of hydrogen-bond acceptors (Lipinski definition) is 2. The summed E-state index contributed by atoms with van der Waals surface area (Å²) in [4.78, 5) is 6.80. The van der Waals surface area contributed by atoms with Crippen LogP contribution in [0.1, 0.15) is 44.6 Å². The molecule has 4 nitrogen and oxygen atoms in total. The van der Waals surface area contributed by atoms with Crippen molar-refractivity contribution in [2.45, 2.75) is 51.2 Å². The molecule has 0 bridgehead atoms. The predicted molar refractivity (Wildman–Crippen MR) is 107 cm³/mol. The Bertz CT molecular complexity index is 472. The minimum absolute atomic E-state index is 0. The van der Waals surface area contributed by atoms with Crippen LogP contribution in [0.2, 0.25) is 0 Å². The molecule has 0 amide bonds. The van der Waals surface area contributed by atoms with Gasteiger partial charge in [-0.25, -0.2) is 0 Å². The lowest BCUT2D eigenvalue weighted by molar-refractivity contribution is 0.0130. The number of aliphatic imine (C=N–C) groups is 1. The van der Waals surface area contributed by atoms with Crippen LogP contribution in [-0.2, 0) is 6.54 Å². The van der Waals surface area contributed by atoms with E-state index in [2.05, 4.69) is 46.4 Å². The van der Waals surface area contributed by atoms with E-state index in [9.17, 15) is 5.11 Å². The van der Waals surface area contributed by atoms with Crippen LogP contribution in [0.25, 0.3) is 0 Å². The zero-order valence-electron chi connectivity index (χ0n) is 14.3. The maximum absolute atomic E-state index is 10.6. The van der Waals surface area contributed by atoms with Gasteiger partial charge in [0.1, 0.15) is 0 Å². The highest BCUT2D eigenvalue weighted by molar-refractivity contribution is 14.0. The number of nitrogens with zero attached hydrogens (tertiary/aromatic N) is 2. The van der Waals surface area contributed by atoms with Crippen molar-refractivity contribution in [3.63, 3.8) is 0 Å². The smallest absolute Gasteiger partial charge is 0.194 e. The van der Waals surface area contributed by atoms with Gasteiger partial charge in [-0.05, 0) is 25.3 Å². The molecule has 1 aliphatic carbocycles. The molecule has 0 aliphatic heterocycles. The highest BCUT2D eigenvalue weighted by Gasteiger charge is 2.29. The van der Waals surface area contributed by atoms with Crippen LogP contribution in [0.5, 0.6) is 0 Å².